The Morgan fingerprint density at radius 2 is 1.91 bits per heavy atom. The Hall–Kier alpha value is -1.68. The van der Waals surface area contributed by atoms with E-state index in [1.165, 1.54) is 5.56 Å². The van der Waals surface area contributed by atoms with Crippen LogP contribution in [0.3, 0.4) is 0 Å². The molecular formula is C25H40N4O4S. The molecule has 1 aromatic carbocycles. The van der Waals surface area contributed by atoms with E-state index < -0.39 is 21.5 Å². The summed E-state index contributed by atoms with van der Waals surface area (Å²) in [6.07, 6.45) is 2.74. The van der Waals surface area contributed by atoms with Crippen LogP contribution in [0.5, 0.6) is 0 Å². The Morgan fingerprint density at radius 1 is 1.24 bits per heavy atom. The lowest BCUT2D eigenvalue weighted by Gasteiger charge is -2.44. The Morgan fingerprint density at radius 3 is 2.53 bits per heavy atom. The molecule has 1 aliphatic heterocycles. The number of sulfonamides is 1. The van der Waals surface area contributed by atoms with E-state index in [1.54, 1.807) is 4.31 Å². The van der Waals surface area contributed by atoms with Crippen LogP contribution in [0.4, 0.5) is 5.69 Å². The number of nitrogens with one attached hydrogen (secondary N) is 1. The highest BCUT2D eigenvalue weighted by Crippen LogP contribution is 2.66. The lowest BCUT2D eigenvalue weighted by atomic mass is 9.69. The molecule has 2 aliphatic carbocycles. The number of aliphatic hydroxyl groups is 1. The molecule has 34 heavy (non-hydrogen) atoms. The fraction of sp³-hybridized carbons (Fsp3) is 0.720. The molecule has 2 saturated carbocycles. The Kier molecular flexibility index (Phi) is 7.03. The summed E-state index contributed by atoms with van der Waals surface area (Å²) in [5.74, 6) is 0.125. The summed E-state index contributed by atoms with van der Waals surface area (Å²) in [5.41, 5.74) is 7.58. The number of fused-ring (bicyclic) bond motifs is 2. The zero-order valence-corrected chi connectivity index (χ0v) is 21.5. The number of nitrogens with two attached hydrogens (primary N) is 1. The van der Waals surface area contributed by atoms with Crippen LogP contribution in [-0.4, -0.2) is 74.4 Å². The highest BCUT2D eigenvalue weighted by Gasteiger charge is 2.65. The van der Waals surface area contributed by atoms with E-state index in [4.69, 9.17) is 10.8 Å². The standard InChI is InChI=1S/C25H40N4O4S/c1-18-6-4-5-7-21(18)28-11-13-29(14-12-28)34(32,33)17-25-10-8-19(24(25,2)3)16-22(25)27-23(31)20(26)9-15-30/h4-7,19-20,22,30H,8-17,26H2,1-3H3,(H,27,31)/t19?,20-,22?,25?/m0/s1. The van der Waals surface area contributed by atoms with Crippen molar-refractivity contribution in [2.45, 2.75) is 58.5 Å². The lowest BCUT2D eigenvalue weighted by molar-refractivity contribution is -0.124. The Balaban J connectivity index is 1.49. The summed E-state index contributed by atoms with van der Waals surface area (Å²) < 4.78 is 29.1. The second-order valence-electron chi connectivity index (χ2n) is 11.0. The minimum Gasteiger partial charge on any atom is -0.396 e. The average Bonchev–Trinajstić information content (AvgIpc) is 3.14. The molecule has 0 spiro atoms. The maximum atomic E-state index is 13.7. The van der Waals surface area contributed by atoms with Gasteiger partial charge in [0.1, 0.15) is 0 Å². The van der Waals surface area contributed by atoms with Crippen molar-refractivity contribution in [1.29, 1.82) is 0 Å². The van der Waals surface area contributed by atoms with Gasteiger partial charge in [-0.2, -0.15) is 4.31 Å². The van der Waals surface area contributed by atoms with Gasteiger partial charge in [0.2, 0.25) is 15.9 Å². The van der Waals surface area contributed by atoms with Crippen LogP contribution in [0.25, 0.3) is 0 Å². The molecule has 0 aromatic heterocycles. The Bertz CT molecular complexity index is 1010. The molecule has 3 unspecified atom stereocenters. The van der Waals surface area contributed by atoms with Gasteiger partial charge in [0.15, 0.2) is 0 Å². The molecular weight excluding hydrogens is 452 g/mol. The highest BCUT2D eigenvalue weighted by molar-refractivity contribution is 7.89. The van der Waals surface area contributed by atoms with E-state index in [2.05, 4.69) is 43.1 Å². The molecule has 0 radical (unpaired) electrons. The SMILES string of the molecule is Cc1ccccc1N1CCN(S(=O)(=O)CC23CCC(CC2NC(=O)[C@@H](N)CCO)C3(C)C)CC1. The molecule has 1 heterocycles. The predicted octanol–water partition coefficient (Wildman–Crippen LogP) is 1.47. The van der Waals surface area contributed by atoms with E-state index in [0.29, 0.717) is 32.1 Å². The number of carbonyl (C=O) groups excluding carboxylic acids is 1. The largest absolute Gasteiger partial charge is 0.396 e. The first-order valence-electron chi connectivity index (χ1n) is 12.5. The van der Waals surface area contributed by atoms with Crippen molar-refractivity contribution in [3.05, 3.63) is 29.8 Å². The van der Waals surface area contributed by atoms with E-state index >= 15 is 0 Å². The molecule has 3 fully saturated rings. The van der Waals surface area contributed by atoms with Crippen molar-refractivity contribution in [2.75, 3.05) is 43.4 Å². The van der Waals surface area contributed by atoms with Gasteiger partial charge >= 0.3 is 0 Å². The number of piperazine rings is 1. The number of benzene rings is 1. The second-order valence-corrected chi connectivity index (χ2v) is 12.9. The molecule has 1 amide bonds. The summed E-state index contributed by atoms with van der Waals surface area (Å²) >= 11 is 0. The van der Waals surface area contributed by atoms with Crippen molar-refractivity contribution >= 4 is 21.6 Å². The van der Waals surface area contributed by atoms with Gasteiger partial charge in [-0.25, -0.2) is 8.42 Å². The predicted molar refractivity (Wildman–Crippen MR) is 134 cm³/mol. The van der Waals surface area contributed by atoms with Crippen LogP contribution in [-0.2, 0) is 14.8 Å². The molecule has 2 bridgehead atoms. The molecule has 4 N–H and O–H groups in total. The number of aliphatic hydroxyl groups excluding tert-OH is 1. The summed E-state index contributed by atoms with van der Waals surface area (Å²) in [6, 6.07) is 7.20. The fourth-order valence-electron chi connectivity index (χ4n) is 6.71. The normalized spacial score (nSPS) is 29.9. The molecule has 8 nitrogen and oxygen atoms in total. The van der Waals surface area contributed by atoms with Crippen molar-refractivity contribution in [3.8, 4) is 0 Å². The van der Waals surface area contributed by atoms with Crippen LogP contribution in [0.15, 0.2) is 24.3 Å². The minimum absolute atomic E-state index is 0.0497. The van der Waals surface area contributed by atoms with E-state index in [0.717, 1.165) is 24.9 Å². The van der Waals surface area contributed by atoms with Gasteiger partial charge in [-0.05, 0) is 55.6 Å². The van der Waals surface area contributed by atoms with Gasteiger partial charge in [-0.3, -0.25) is 4.79 Å². The third kappa shape index (κ3) is 4.36. The quantitative estimate of drug-likeness (QED) is 0.506. The number of rotatable bonds is 8. The first-order chi connectivity index (χ1) is 16.0. The van der Waals surface area contributed by atoms with E-state index in [1.807, 2.05) is 12.1 Å². The van der Waals surface area contributed by atoms with E-state index in [-0.39, 0.29) is 36.1 Å². The van der Waals surface area contributed by atoms with Gasteiger partial charge in [0.05, 0.1) is 11.8 Å². The Labute approximate surface area is 203 Å². The summed E-state index contributed by atoms with van der Waals surface area (Å²) in [7, 11) is -3.51. The molecule has 4 rings (SSSR count). The molecule has 9 heteroatoms. The number of para-hydroxylation sites is 1. The number of carbonyl (C=O) groups is 1. The van der Waals surface area contributed by atoms with Gasteiger partial charge in [-0.1, -0.05) is 32.0 Å². The van der Waals surface area contributed by atoms with E-state index in [9.17, 15) is 13.2 Å². The summed E-state index contributed by atoms with van der Waals surface area (Å²) in [6.45, 7) is 8.52. The summed E-state index contributed by atoms with van der Waals surface area (Å²) in [4.78, 5) is 14.9. The second kappa shape index (κ2) is 9.41. The molecule has 1 saturated heterocycles. The van der Waals surface area contributed by atoms with Crippen molar-refractivity contribution in [2.24, 2.45) is 22.5 Å². The van der Waals surface area contributed by atoms with Gasteiger partial charge < -0.3 is 21.1 Å². The van der Waals surface area contributed by atoms with Gasteiger partial charge in [0.25, 0.3) is 0 Å². The van der Waals surface area contributed by atoms with Gasteiger partial charge in [-0.15, -0.1) is 0 Å². The first kappa shape index (κ1) is 25.4. The summed E-state index contributed by atoms with van der Waals surface area (Å²) in [5, 5.41) is 12.2. The van der Waals surface area contributed by atoms with Crippen molar-refractivity contribution < 1.29 is 18.3 Å². The number of aryl methyl sites for hydroxylation is 1. The zero-order chi connectivity index (χ0) is 24.7. The maximum Gasteiger partial charge on any atom is 0.237 e. The van der Waals surface area contributed by atoms with Crippen molar-refractivity contribution in [3.63, 3.8) is 0 Å². The van der Waals surface area contributed by atoms with Crippen LogP contribution >= 0.6 is 0 Å². The molecule has 1 aromatic rings. The monoisotopic (exact) mass is 492 g/mol. The van der Waals surface area contributed by atoms with Crippen LogP contribution in [0, 0.1) is 23.7 Å². The number of nitrogens with zero attached hydrogens (tertiary/aromatic N) is 2. The maximum absolute atomic E-state index is 13.7. The number of hydrogen-bond acceptors (Lipinski definition) is 6. The topological polar surface area (TPSA) is 116 Å². The molecule has 3 aliphatic rings. The molecule has 4 atom stereocenters. The lowest BCUT2D eigenvalue weighted by Crippen LogP contribution is -2.57. The van der Waals surface area contributed by atoms with Gasteiger partial charge in [0, 0.05) is 49.9 Å². The van der Waals surface area contributed by atoms with Crippen LogP contribution in [0.2, 0.25) is 0 Å². The smallest absolute Gasteiger partial charge is 0.237 e. The minimum atomic E-state index is -3.51. The third-order valence-electron chi connectivity index (χ3n) is 9.05. The zero-order valence-electron chi connectivity index (χ0n) is 20.7. The van der Waals surface area contributed by atoms with Crippen molar-refractivity contribution in [1.82, 2.24) is 9.62 Å². The number of anilines is 1. The first-order valence-corrected chi connectivity index (χ1v) is 14.1. The molecule has 190 valence electrons. The number of hydrogen-bond donors (Lipinski definition) is 3. The third-order valence-corrected chi connectivity index (χ3v) is 11.1. The average molecular weight is 493 g/mol. The highest BCUT2D eigenvalue weighted by atomic mass is 32.2. The number of amides is 1. The van der Waals surface area contributed by atoms with Crippen LogP contribution < -0.4 is 16.0 Å². The fourth-order valence-corrected chi connectivity index (χ4v) is 8.98. The van der Waals surface area contributed by atoms with Crippen LogP contribution in [0.1, 0.15) is 45.1 Å².